The Kier molecular flexibility index (Phi) is 5.26. The molecule has 0 heterocycles. The van der Waals surface area contributed by atoms with Crippen molar-refractivity contribution in [1.29, 1.82) is 0 Å². The van der Waals surface area contributed by atoms with Gasteiger partial charge < -0.3 is 10.4 Å². The number of hydrogen-bond acceptors (Lipinski definition) is 2. The van der Waals surface area contributed by atoms with Crippen LogP contribution in [-0.4, -0.2) is 17.8 Å². The number of aliphatic hydroxyl groups is 1. The average molecular weight is 242 g/mol. The van der Waals surface area contributed by atoms with Gasteiger partial charge >= 0.3 is 0 Å². The summed E-state index contributed by atoms with van der Waals surface area (Å²) in [5.41, 5.74) is 1.21. The van der Waals surface area contributed by atoms with Crippen molar-refractivity contribution in [1.82, 2.24) is 5.32 Å². The molecule has 2 N–H and O–H groups in total. The molecule has 1 rings (SSSR count). The second-order valence-corrected chi connectivity index (χ2v) is 4.82. The van der Waals surface area contributed by atoms with E-state index in [1.54, 1.807) is 0 Å². The summed E-state index contributed by atoms with van der Waals surface area (Å²) in [7, 11) is 0. The zero-order chi connectivity index (χ0) is 12.1. The molecule has 3 unspecified atom stereocenters. The fraction of sp³-hybridized carbons (Fsp3) is 0.538. The van der Waals surface area contributed by atoms with Gasteiger partial charge in [-0.1, -0.05) is 30.7 Å². The fourth-order valence-electron chi connectivity index (χ4n) is 1.56. The molecule has 0 radical (unpaired) electrons. The Balaban J connectivity index is 2.58. The first-order valence-corrected chi connectivity index (χ1v) is 6.04. The van der Waals surface area contributed by atoms with Gasteiger partial charge in [0.15, 0.2) is 0 Å². The third-order valence-electron chi connectivity index (χ3n) is 3.02. The van der Waals surface area contributed by atoms with Gasteiger partial charge in [0.2, 0.25) is 0 Å². The van der Waals surface area contributed by atoms with Gasteiger partial charge in [-0.3, -0.25) is 0 Å². The lowest BCUT2D eigenvalue weighted by Crippen LogP contribution is -2.35. The zero-order valence-electron chi connectivity index (χ0n) is 10.1. The summed E-state index contributed by atoms with van der Waals surface area (Å²) in [6.45, 7) is 6.45. The lowest BCUT2D eigenvalue weighted by atomic mass is 10.0. The van der Waals surface area contributed by atoms with E-state index in [0.29, 0.717) is 0 Å². The third-order valence-corrected chi connectivity index (χ3v) is 3.28. The van der Waals surface area contributed by atoms with Crippen LogP contribution in [0.15, 0.2) is 24.3 Å². The van der Waals surface area contributed by atoms with Gasteiger partial charge in [-0.05, 0) is 37.5 Å². The van der Waals surface area contributed by atoms with Crippen LogP contribution in [0, 0.1) is 5.92 Å². The highest BCUT2D eigenvalue weighted by Crippen LogP contribution is 2.17. The minimum absolute atomic E-state index is 0.210. The highest BCUT2D eigenvalue weighted by atomic mass is 35.5. The van der Waals surface area contributed by atoms with E-state index in [9.17, 15) is 0 Å². The zero-order valence-corrected chi connectivity index (χ0v) is 10.8. The van der Waals surface area contributed by atoms with E-state index in [2.05, 4.69) is 19.2 Å². The Morgan fingerprint density at radius 3 is 2.25 bits per heavy atom. The fourth-order valence-corrected chi connectivity index (χ4v) is 1.69. The Morgan fingerprint density at radius 1 is 1.19 bits per heavy atom. The molecule has 0 aromatic heterocycles. The van der Waals surface area contributed by atoms with Crippen LogP contribution < -0.4 is 5.32 Å². The molecule has 1 aromatic carbocycles. The smallest absolute Gasteiger partial charge is 0.0471 e. The first-order chi connectivity index (χ1) is 7.54. The van der Waals surface area contributed by atoms with Crippen molar-refractivity contribution in [3.05, 3.63) is 34.9 Å². The van der Waals surface area contributed by atoms with Crippen LogP contribution in [0.5, 0.6) is 0 Å². The minimum atomic E-state index is 0.210. The molecule has 2 nitrogen and oxygen atoms in total. The highest BCUT2D eigenvalue weighted by molar-refractivity contribution is 6.30. The first kappa shape index (κ1) is 13.5. The van der Waals surface area contributed by atoms with Crippen LogP contribution in [0.1, 0.15) is 32.4 Å². The second kappa shape index (κ2) is 6.24. The van der Waals surface area contributed by atoms with Gasteiger partial charge in [-0.15, -0.1) is 0 Å². The maximum Gasteiger partial charge on any atom is 0.0471 e. The molecule has 0 aliphatic rings. The van der Waals surface area contributed by atoms with Gasteiger partial charge in [0.25, 0.3) is 0 Å². The lowest BCUT2D eigenvalue weighted by molar-refractivity contribution is 0.202. The SMILES string of the molecule is CC(NC(C)C(C)CO)c1ccc(Cl)cc1. The largest absolute Gasteiger partial charge is 0.396 e. The molecule has 0 bridgehead atoms. The Labute approximate surface area is 103 Å². The molecule has 3 heteroatoms. The summed E-state index contributed by atoms with van der Waals surface area (Å²) in [6.07, 6.45) is 0. The van der Waals surface area contributed by atoms with Crippen LogP contribution in [0.4, 0.5) is 0 Å². The Hall–Kier alpha value is -0.570. The van der Waals surface area contributed by atoms with Crippen molar-refractivity contribution >= 4 is 11.6 Å². The van der Waals surface area contributed by atoms with Crippen molar-refractivity contribution in [2.45, 2.75) is 32.9 Å². The number of rotatable bonds is 5. The summed E-state index contributed by atoms with van der Waals surface area (Å²) >= 11 is 5.84. The normalized spacial score (nSPS) is 16.8. The standard InChI is InChI=1S/C13H20ClNO/c1-9(8-16)10(2)15-11(3)12-4-6-13(14)7-5-12/h4-7,9-11,15-16H,8H2,1-3H3. The summed E-state index contributed by atoms with van der Waals surface area (Å²) in [6, 6.07) is 8.40. The average Bonchev–Trinajstić information content (AvgIpc) is 2.28. The van der Waals surface area contributed by atoms with E-state index in [4.69, 9.17) is 16.7 Å². The van der Waals surface area contributed by atoms with E-state index in [1.807, 2.05) is 31.2 Å². The molecule has 0 amide bonds. The summed E-state index contributed by atoms with van der Waals surface area (Å²) in [5.74, 6) is 0.259. The molecule has 0 aliphatic heterocycles. The predicted molar refractivity (Wildman–Crippen MR) is 68.7 cm³/mol. The van der Waals surface area contributed by atoms with Gasteiger partial charge in [0.05, 0.1) is 0 Å². The lowest BCUT2D eigenvalue weighted by Gasteiger charge is -2.24. The molecule has 0 saturated heterocycles. The number of hydrogen-bond donors (Lipinski definition) is 2. The minimum Gasteiger partial charge on any atom is -0.396 e. The number of benzene rings is 1. The predicted octanol–water partition coefficient (Wildman–Crippen LogP) is 3.01. The van der Waals surface area contributed by atoms with Gasteiger partial charge in [-0.2, -0.15) is 0 Å². The van der Waals surface area contributed by atoms with E-state index >= 15 is 0 Å². The topological polar surface area (TPSA) is 32.3 Å². The quantitative estimate of drug-likeness (QED) is 0.831. The second-order valence-electron chi connectivity index (χ2n) is 4.39. The molecule has 0 spiro atoms. The van der Waals surface area contributed by atoms with Gasteiger partial charge in [0, 0.05) is 23.7 Å². The maximum absolute atomic E-state index is 9.07. The molecule has 0 aliphatic carbocycles. The van der Waals surface area contributed by atoms with Crippen LogP contribution in [0.25, 0.3) is 0 Å². The van der Waals surface area contributed by atoms with Crippen molar-refractivity contribution in [2.75, 3.05) is 6.61 Å². The van der Waals surface area contributed by atoms with E-state index in [1.165, 1.54) is 5.56 Å². The first-order valence-electron chi connectivity index (χ1n) is 5.67. The summed E-state index contributed by atoms with van der Waals surface area (Å²) in [4.78, 5) is 0. The molecule has 0 fully saturated rings. The Morgan fingerprint density at radius 2 is 1.75 bits per heavy atom. The van der Waals surface area contributed by atoms with E-state index in [0.717, 1.165) is 5.02 Å². The van der Waals surface area contributed by atoms with E-state index in [-0.39, 0.29) is 24.6 Å². The van der Waals surface area contributed by atoms with Crippen LogP contribution >= 0.6 is 11.6 Å². The molecular formula is C13H20ClNO. The van der Waals surface area contributed by atoms with Crippen molar-refractivity contribution in [3.63, 3.8) is 0 Å². The maximum atomic E-state index is 9.07. The van der Waals surface area contributed by atoms with Crippen LogP contribution in [0.3, 0.4) is 0 Å². The van der Waals surface area contributed by atoms with Crippen LogP contribution in [-0.2, 0) is 0 Å². The summed E-state index contributed by atoms with van der Waals surface area (Å²) in [5, 5.41) is 13.3. The van der Waals surface area contributed by atoms with Gasteiger partial charge in [-0.25, -0.2) is 0 Å². The van der Waals surface area contributed by atoms with Crippen LogP contribution in [0.2, 0.25) is 5.02 Å². The van der Waals surface area contributed by atoms with E-state index < -0.39 is 0 Å². The summed E-state index contributed by atoms with van der Waals surface area (Å²) < 4.78 is 0. The number of halogens is 1. The van der Waals surface area contributed by atoms with Crippen molar-refractivity contribution in [2.24, 2.45) is 5.92 Å². The highest BCUT2D eigenvalue weighted by Gasteiger charge is 2.14. The Bertz CT molecular complexity index is 312. The third kappa shape index (κ3) is 3.78. The monoisotopic (exact) mass is 241 g/mol. The van der Waals surface area contributed by atoms with Gasteiger partial charge in [0.1, 0.15) is 0 Å². The molecule has 1 aromatic rings. The molecular weight excluding hydrogens is 222 g/mol. The number of nitrogens with one attached hydrogen (secondary N) is 1. The molecule has 16 heavy (non-hydrogen) atoms. The molecule has 90 valence electrons. The molecule has 3 atom stereocenters. The number of aliphatic hydroxyl groups excluding tert-OH is 1. The van der Waals surface area contributed by atoms with Crippen molar-refractivity contribution < 1.29 is 5.11 Å². The molecule has 0 saturated carbocycles. The van der Waals surface area contributed by atoms with Crippen molar-refractivity contribution in [3.8, 4) is 0 Å².